The second-order valence-electron chi connectivity index (χ2n) is 3.83. The number of carbonyl (C=O) groups excluding carboxylic acids is 1. The van der Waals surface area contributed by atoms with Gasteiger partial charge in [0.15, 0.2) is 0 Å². The summed E-state index contributed by atoms with van der Waals surface area (Å²) in [5, 5.41) is 0. The van der Waals surface area contributed by atoms with Crippen LogP contribution in [0, 0.1) is 71.8 Å². The molecule has 0 unspecified atom stereocenters. The van der Waals surface area contributed by atoms with E-state index in [-0.39, 0.29) is 58.6 Å². The Balaban J connectivity index is 0. The number of amides is 1. The molecule has 0 aromatic heterocycles. The molecule has 1 amide bonds. The molecular formula is C17H19FNOSYb. The van der Waals surface area contributed by atoms with Crippen molar-refractivity contribution in [3.05, 3.63) is 72.9 Å². The largest absolute Gasteiger partial charge is 3.00 e. The summed E-state index contributed by atoms with van der Waals surface area (Å²) in [6.45, 7) is 5.08. The quantitative estimate of drug-likeness (QED) is 0.530. The fourth-order valence-electron chi connectivity index (χ4n) is 1.09. The molecule has 0 spiro atoms. The molecule has 0 bridgehead atoms. The monoisotopic (exact) mass is 478 g/mol. The zero-order valence-corrected chi connectivity index (χ0v) is 15.0. The minimum absolute atomic E-state index is 0. The summed E-state index contributed by atoms with van der Waals surface area (Å²) in [6, 6.07) is 17.8. The number of hydrogen-bond acceptors (Lipinski definition) is 2. The Kier molecular flexibility index (Phi) is 17.0. The van der Waals surface area contributed by atoms with Crippen LogP contribution < -0.4 is 5.73 Å². The van der Waals surface area contributed by atoms with Crippen molar-refractivity contribution in [1.82, 2.24) is 0 Å². The number of thioether (sulfide) groups is 1. The van der Waals surface area contributed by atoms with Gasteiger partial charge in [0.2, 0.25) is 5.91 Å². The number of primary amides is 1. The van der Waals surface area contributed by atoms with Crippen molar-refractivity contribution < 1.29 is 56.1 Å². The summed E-state index contributed by atoms with van der Waals surface area (Å²) >= 11 is 1.74. The molecule has 0 heterocycles. The number of nitrogens with two attached hydrogens (primary N) is 1. The van der Waals surface area contributed by atoms with Gasteiger partial charge >= 0.3 is 46.9 Å². The minimum atomic E-state index is -0.333. The average molecular weight is 477 g/mol. The van der Waals surface area contributed by atoms with Gasteiger partial charge in [-0.2, -0.15) is 66.2 Å². The molecule has 2 aromatic carbocycles. The Morgan fingerprint density at radius 1 is 1.32 bits per heavy atom. The molecule has 125 valence electrons. The standard InChI is InChI=1S/C9H10S.C6H4F.C2H5NO.Yb/c1-3-8-4-6-9(10-2)7-5-8;7-6-4-2-1-3-5-6;1-2(3)4;/h4,6-7H,1,3H2,2H3;2-5H;1H3,(H2,3,4);/q-2;-1;;+3. The van der Waals surface area contributed by atoms with E-state index in [1.54, 1.807) is 11.8 Å². The van der Waals surface area contributed by atoms with Crippen LogP contribution in [0.1, 0.15) is 12.5 Å². The van der Waals surface area contributed by atoms with E-state index in [9.17, 15) is 9.18 Å². The number of halogens is 1. The van der Waals surface area contributed by atoms with Crippen molar-refractivity contribution in [3.8, 4) is 0 Å². The maximum Gasteiger partial charge on any atom is 3.00 e. The summed E-state index contributed by atoms with van der Waals surface area (Å²) in [7, 11) is 0. The molecule has 22 heavy (non-hydrogen) atoms. The van der Waals surface area contributed by atoms with Gasteiger partial charge in [-0.15, -0.1) is 17.0 Å². The van der Waals surface area contributed by atoms with Gasteiger partial charge in [-0.3, -0.25) is 4.79 Å². The fourth-order valence-corrected chi connectivity index (χ4v) is 1.47. The van der Waals surface area contributed by atoms with Crippen molar-refractivity contribution in [1.29, 1.82) is 0 Å². The summed E-state index contributed by atoms with van der Waals surface area (Å²) in [5.41, 5.74) is 5.65. The Bertz CT molecular complexity index is 479. The van der Waals surface area contributed by atoms with Gasteiger partial charge in [-0.05, 0) is 6.26 Å². The smallest absolute Gasteiger partial charge is 0.370 e. The first-order chi connectivity index (χ1) is 9.99. The average Bonchev–Trinajstić information content (AvgIpc) is 2.48. The van der Waals surface area contributed by atoms with Gasteiger partial charge in [-0.1, -0.05) is 0 Å². The van der Waals surface area contributed by atoms with Crippen LogP contribution in [-0.2, 0) is 11.2 Å². The van der Waals surface area contributed by atoms with Crippen LogP contribution >= 0.6 is 11.8 Å². The minimum Gasteiger partial charge on any atom is -0.370 e. The molecule has 0 saturated heterocycles. The Labute approximate surface area is 175 Å². The zero-order chi connectivity index (χ0) is 16.1. The van der Waals surface area contributed by atoms with E-state index in [1.165, 1.54) is 41.6 Å². The van der Waals surface area contributed by atoms with Crippen LogP contribution in [0.4, 0.5) is 4.39 Å². The molecule has 2 rings (SSSR count). The normalized spacial score (nSPS) is 8.36. The van der Waals surface area contributed by atoms with Crippen molar-refractivity contribution in [3.63, 3.8) is 0 Å². The van der Waals surface area contributed by atoms with E-state index in [0.29, 0.717) is 0 Å². The Hall–Kier alpha value is -0.291. The van der Waals surface area contributed by atoms with E-state index in [0.717, 1.165) is 6.42 Å². The predicted molar refractivity (Wildman–Crippen MR) is 86.2 cm³/mol. The van der Waals surface area contributed by atoms with Gasteiger partial charge in [0.1, 0.15) is 0 Å². The molecule has 2 aromatic rings. The molecule has 0 aliphatic heterocycles. The molecule has 0 aliphatic rings. The number of hydrogen-bond donors (Lipinski definition) is 1. The van der Waals surface area contributed by atoms with E-state index in [1.807, 2.05) is 6.07 Å². The topological polar surface area (TPSA) is 43.1 Å². The molecule has 2 N–H and O–H groups in total. The van der Waals surface area contributed by atoms with E-state index >= 15 is 0 Å². The third-order valence-corrected chi connectivity index (χ3v) is 2.76. The molecule has 2 nitrogen and oxygen atoms in total. The van der Waals surface area contributed by atoms with Crippen LogP contribution in [0.3, 0.4) is 0 Å². The fraction of sp³-hybridized carbons (Fsp3) is 0.176. The molecule has 5 heteroatoms. The summed E-state index contributed by atoms with van der Waals surface area (Å²) in [6.07, 6.45) is 2.89. The second kappa shape index (κ2) is 15.6. The molecule has 0 aliphatic carbocycles. The molecule has 0 saturated carbocycles. The van der Waals surface area contributed by atoms with Gasteiger partial charge in [0, 0.05) is 12.7 Å². The van der Waals surface area contributed by atoms with Crippen molar-refractivity contribution in [2.24, 2.45) is 5.73 Å². The molecule has 0 fully saturated rings. The summed E-state index contributed by atoms with van der Waals surface area (Å²) in [4.78, 5) is 10.5. The van der Waals surface area contributed by atoms with Crippen LogP contribution in [0.5, 0.6) is 0 Å². The second-order valence-corrected chi connectivity index (χ2v) is 4.71. The first kappa shape index (κ1) is 24.0. The van der Waals surface area contributed by atoms with Crippen LogP contribution in [-0.4, -0.2) is 12.2 Å². The number of benzene rings is 2. The van der Waals surface area contributed by atoms with E-state index in [2.05, 4.69) is 43.2 Å². The van der Waals surface area contributed by atoms with Crippen molar-refractivity contribution >= 4 is 17.7 Å². The first-order valence-corrected chi connectivity index (χ1v) is 7.43. The van der Waals surface area contributed by atoms with Crippen molar-refractivity contribution in [2.75, 3.05) is 6.26 Å². The molecule has 0 atom stereocenters. The van der Waals surface area contributed by atoms with E-state index < -0.39 is 0 Å². The Morgan fingerprint density at radius 2 is 1.86 bits per heavy atom. The van der Waals surface area contributed by atoms with Gasteiger partial charge in [0.05, 0.1) is 0 Å². The third kappa shape index (κ3) is 14.6. The predicted octanol–water partition coefficient (Wildman–Crippen LogP) is 3.70. The van der Waals surface area contributed by atoms with Crippen LogP contribution in [0.25, 0.3) is 0 Å². The van der Waals surface area contributed by atoms with Gasteiger partial charge < -0.3 is 12.7 Å². The zero-order valence-electron chi connectivity index (χ0n) is 12.5. The van der Waals surface area contributed by atoms with Crippen LogP contribution in [0.15, 0.2) is 47.4 Å². The maximum absolute atomic E-state index is 11.9. The Morgan fingerprint density at radius 3 is 2.14 bits per heavy atom. The number of carbonyl (C=O) groups is 1. The number of rotatable bonds is 2. The third-order valence-electron chi connectivity index (χ3n) is 2.03. The SMILES string of the molecule is CC(N)=O.Fc1cc[c-]cc1.[CH2-]Cc1[c-]cc(SC)cc1.[Yb+3]. The maximum atomic E-state index is 11.9. The van der Waals surface area contributed by atoms with Crippen molar-refractivity contribution in [2.45, 2.75) is 18.2 Å². The molecular weight excluding hydrogens is 458 g/mol. The van der Waals surface area contributed by atoms with E-state index in [4.69, 9.17) is 0 Å². The van der Waals surface area contributed by atoms with Gasteiger partial charge in [0.25, 0.3) is 0 Å². The van der Waals surface area contributed by atoms with Gasteiger partial charge in [-0.25, -0.2) is 4.39 Å². The summed E-state index contributed by atoms with van der Waals surface area (Å²) < 4.78 is 11.9. The molecule has 1 radical (unpaired) electrons. The first-order valence-electron chi connectivity index (χ1n) is 6.21. The summed E-state index contributed by atoms with van der Waals surface area (Å²) in [5.74, 6) is -0.543. The van der Waals surface area contributed by atoms with Crippen LogP contribution in [0.2, 0.25) is 0 Å².